The lowest BCUT2D eigenvalue weighted by Gasteiger charge is -2.14. The average molecular weight is 285 g/mol. The van der Waals surface area contributed by atoms with E-state index in [0.29, 0.717) is 6.04 Å². The SMILES string of the molecule is CNC(CCc1ccccc1)Cc1cn2ccsc2n1. The summed E-state index contributed by atoms with van der Waals surface area (Å²) in [6.45, 7) is 0. The molecule has 2 heterocycles. The van der Waals surface area contributed by atoms with Crippen molar-refractivity contribution in [3.63, 3.8) is 0 Å². The third kappa shape index (κ3) is 3.08. The van der Waals surface area contributed by atoms with Crippen molar-refractivity contribution in [2.24, 2.45) is 0 Å². The van der Waals surface area contributed by atoms with E-state index in [-0.39, 0.29) is 0 Å². The lowest BCUT2D eigenvalue weighted by Crippen LogP contribution is -2.28. The smallest absolute Gasteiger partial charge is 0.193 e. The first-order valence-electron chi connectivity index (χ1n) is 6.97. The summed E-state index contributed by atoms with van der Waals surface area (Å²) >= 11 is 1.68. The Morgan fingerprint density at radius 3 is 2.90 bits per heavy atom. The number of benzene rings is 1. The van der Waals surface area contributed by atoms with Gasteiger partial charge < -0.3 is 5.32 Å². The van der Waals surface area contributed by atoms with Crippen molar-refractivity contribution >= 4 is 16.3 Å². The molecule has 0 amide bonds. The molecule has 1 unspecified atom stereocenters. The first kappa shape index (κ1) is 13.3. The monoisotopic (exact) mass is 285 g/mol. The predicted molar refractivity (Wildman–Crippen MR) is 84.4 cm³/mol. The van der Waals surface area contributed by atoms with Crippen LogP contribution in [0.25, 0.3) is 4.96 Å². The van der Waals surface area contributed by atoms with E-state index >= 15 is 0 Å². The van der Waals surface area contributed by atoms with E-state index in [0.717, 1.165) is 24.2 Å². The van der Waals surface area contributed by atoms with Crippen LogP contribution in [0.3, 0.4) is 0 Å². The highest BCUT2D eigenvalue weighted by molar-refractivity contribution is 7.15. The molecule has 3 aromatic rings. The third-order valence-electron chi connectivity index (χ3n) is 3.63. The topological polar surface area (TPSA) is 29.3 Å². The Labute approximate surface area is 123 Å². The second kappa shape index (κ2) is 6.20. The highest BCUT2D eigenvalue weighted by atomic mass is 32.1. The van der Waals surface area contributed by atoms with E-state index in [2.05, 4.69) is 62.8 Å². The van der Waals surface area contributed by atoms with E-state index in [1.807, 2.05) is 7.05 Å². The Hall–Kier alpha value is -1.65. The fourth-order valence-electron chi connectivity index (χ4n) is 2.46. The number of nitrogens with zero attached hydrogens (tertiary/aromatic N) is 2. The number of likely N-dealkylation sites (N-methyl/N-ethyl adjacent to an activating group) is 1. The molecular weight excluding hydrogens is 266 g/mol. The van der Waals surface area contributed by atoms with Crippen molar-refractivity contribution in [2.75, 3.05) is 7.05 Å². The minimum absolute atomic E-state index is 0.472. The van der Waals surface area contributed by atoms with Gasteiger partial charge in [-0.1, -0.05) is 30.3 Å². The Balaban J connectivity index is 1.60. The maximum absolute atomic E-state index is 4.66. The third-order valence-corrected chi connectivity index (χ3v) is 4.40. The number of hydrogen-bond acceptors (Lipinski definition) is 3. The van der Waals surface area contributed by atoms with Gasteiger partial charge in [-0.15, -0.1) is 11.3 Å². The van der Waals surface area contributed by atoms with Gasteiger partial charge in [0.1, 0.15) is 0 Å². The van der Waals surface area contributed by atoms with Gasteiger partial charge in [0.2, 0.25) is 0 Å². The molecule has 1 aromatic carbocycles. The van der Waals surface area contributed by atoms with E-state index in [4.69, 9.17) is 0 Å². The maximum atomic E-state index is 4.66. The number of aryl methyl sites for hydroxylation is 1. The number of hydrogen-bond donors (Lipinski definition) is 1. The normalized spacial score (nSPS) is 12.8. The van der Waals surface area contributed by atoms with Crippen molar-refractivity contribution in [1.29, 1.82) is 0 Å². The van der Waals surface area contributed by atoms with Crippen LogP contribution in [-0.2, 0) is 12.8 Å². The molecule has 0 saturated heterocycles. The number of thiazole rings is 1. The minimum Gasteiger partial charge on any atom is -0.317 e. The molecule has 4 heteroatoms. The predicted octanol–water partition coefficient (Wildman–Crippen LogP) is 3.16. The summed E-state index contributed by atoms with van der Waals surface area (Å²) in [4.78, 5) is 5.74. The van der Waals surface area contributed by atoms with E-state index in [1.54, 1.807) is 11.3 Å². The fraction of sp³-hybridized carbons (Fsp3) is 0.312. The molecule has 0 radical (unpaired) electrons. The van der Waals surface area contributed by atoms with Gasteiger partial charge in [-0.05, 0) is 25.5 Å². The van der Waals surface area contributed by atoms with E-state index in [1.165, 1.54) is 11.3 Å². The lowest BCUT2D eigenvalue weighted by atomic mass is 10.0. The van der Waals surface area contributed by atoms with Gasteiger partial charge in [0.15, 0.2) is 4.96 Å². The van der Waals surface area contributed by atoms with Gasteiger partial charge in [0.25, 0.3) is 0 Å². The van der Waals surface area contributed by atoms with Gasteiger partial charge in [0, 0.05) is 30.2 Å². The molecule has 0 aliphatic rings. The van der Waals surface area contributed by atoms with Crippen molar-refractivity contribution in [3.05, 3.63) is 59.4 Å². The summed E-state index contributed by atoms with van der Waals surface area (Å²) in [5.74, 6) is 0. The Morgan fingerprint density at radius 1 is 1.30 bits per heavy atom. The molecule has 1 N–H and O–H groups in total. The standard InChI is InChI=1S/C16H19N3S/c1-17-14(8-7-13-5-3-2-4-6-13)11-15-12-19-9-10-20-16(19)18-15/h2-6,9-10,12,14,17H,7-8,11H2,1H3. The van der Waals surface area contributed by atoms with Crippen LogP contribution in [0.2, 0.25) is 0 Å². The van der Waals surface area contributed by atoms with Crippen molar-refractivity contribution in [3.8, 4) is 0 Å². The highest BCUT2D eigenvalue weighted by Crippen LogP contribution is 2.14. The summed E-state index contributed by atoms with van der Waals surface area (Å²) in [5, 5.41) is 5.48. The second-order valence-electron chi connectivity index (χ2n) is 5.04. The summed E-state index contributed by atoms with van der Waals surface area (Å²) in [5.41, 5.74) is 2.57. The first-order chi connectivity index (χ1) is 9.85. The molecule has 0 spiro atoms. The summed E-state index contributed by atoms with van der Waals surface area (Å²) in [7, 11) is 2.04. The van der Waals surface area contributed by atoms with Crippen LogP contribution in [0.5, 0.6) is 0 Å². The van der Waals surface area contributed by atoms with Crippen LogP contribution >= 0.6 is 11.3 Å². The van der Waals surface area contributed by atoms with E-state index in [9.17, 15) is 0 Å². The molecule has 0 aliphatic carbocycles. The number of fused-ring (bicyclic) bond motifs is 1. The molecule has 0 bridgehead atoms. The Bertz CT molecular complexity index is 628. The number of imidazole rings is 1. The quantitative estimate of drug-likeness (QED) is 0.754. The van der Waals surface area contributed by atoms with Crippen molar-refractivity contribution in [1.82, 2.24) is 14.7 Å². The lowest BCUT2D eigenvalue weighted by molar-refractivity contribution is 0.516. The van der Waals surface area contributed by atoms with Crippen molar-refractivity contribution < 1.29 is 0 Å². The Morgan fingerprint density at radius 2 is 2.15 bits per heavy atom. The minimum atomic E-state index is 0.472. The van der Waals surface area contributed by atoms with Gasteiger partial charge in [-0.2, -0.15) is 0 Å². The van der Waals surface area contributed by atoms with Crippen molar-refractivity contribution in [2.45, 2.75) is 25.3 Å². The Kier molecular flexibility index (Phi) is 4.14. The van der Waals surface area contributed by atoms with Gasteiger partial charge in [-0.25, -0.2) is 4.98 Å². The molecule has 0 fully saturated rings. The van der Waals surface area contributed by atoms with Crippen LogP contribution in [0, 0.1) is 0 Å². The summed E-state index contributed by atoms with van der Waals surface area (Å²) < 4.78 is 2.10. The zero-order chi connectivity index (χ0) is 13.8. The zero-order valence-electron chi connectivity index (χ0n) is 11.6. The van der Waals surface area contributed by atoms with Crippen LogP contribution in [0.4, 0.5) is 0 Å². The molecule has 0 aliphatic heterocycles. The van der Waals surface area contributed by atoms with Gasteiger partial charge >= 0.3 is 0 Å². The molecule has 1 atom stereocenters. The van der Waals surface area contributed by atoms with Crippen LogP contribution in [0.1, 0.15) is 17.7 Å². The largest absolute Gasteiger partial charge is 0.317 e. The second-order valence-corrected chi connectivity index (χ2v) is 5.91. The summed E-state index contributed by atoms with van der Waals surface area (Å²) in [6, 6.07) is 11.1. The van der Waals surface area contributed by atoms with Crippen LogP contribution in [-0.4, -0.2) is 22.5 Å². The summed E-state index contributed by atoms with van der Waals surface area (Å²) in [6.07, 6.45) is 7.42. The average Bonchev–Trinajstić information content (AvgIpc) is 3.05. The molecular formula is C16H19N3S. The first-order valence-corrected chi connectivity index (χ1v) is 7.85. The molecule has 20 heavy (non-hydrogen) atoms. The molecule has 3 rings (SSSR count). The van der Waals surface area contributed by atoms with Gasteiger partial charge in [0.05, 0.1) is 5.69 Å². The molecule has 0 saturated carbocycles. The van der Waals surface area contributed by atoms with E-state index < -0.39 is 0 Å². The highest BCUT2D eigenvalue weighted by Gasteiger charge is 2.10. The zero-order valence-corrected chi connectivity index (χ0v) is 12.4. The van der Waals surface area contributed by atoms with Crippen LogP contribution in [0.15, 0.2) is 48.1 Å². The number of aromatic nitrogens is 2. The molecule has 3 nitrogen and oxygen atoms in total. The van der Waals surface area contributed by atoms with Crippen LogP contribution < -0.4 is 5.32 Å². The molecule has 2 aromatic heterocycles. The molecule has 104 valence electrons. The number of rotatable bonds is 6. The maximum Gasteiger partial charge on any atom is 0.193 e. The fourth-order valence-corrected chi connectivity index (χ4v) is 3.18. The number of nitrogens with one attached hydrogen (secondary N) is 1. The van der Waals surface area contributed by atoms with Gasteiger partial charge in [-0.3, -0.25) is 4.40 Å².